The van der Waals surface area contributed by atoms with E-state index in [2.05, 4.69) is 28.9 Å². The Bertz CT molecular complexity index is 926. The molecule has 0 aliphatic carbocycles. The van der Waals surface area contributed by atoms with Crippen LogP contribution in [-0.4, -0.2) is 17.0 Å². The zero-order chi connectivity index (χ0) is 18.7. The van der Waals surface area contributed by atoms with E-state index in [0.29, 0.717) is 17.1 Å². The van der Waals surface area contributed by atoms with Gasteiger partial charge in [-0.15, -0.1) is 0 Å². The average Bonchev–Trinajstić information content (AvgIpc) is 2.98. The molecule has 0 atom stereocenters. The first-order chi connectivity index (χ1) is 12.5. The number of rotatable bonds is 5. The van der Waals surface area contributed by atoms with Crippen LogP contribution in [0.1, 0.15) is 35.0 Å². The van der Waals surface area contributed by atoms with Crippen molar-refractivity contribution in [1.82, 2.24) is 9.88 Å². The normalized spacial score (nSPS) is 10.8. The van der Waals surface area contributed by atoms with Crippen LogP contribution in [0.15, 0.2) is 54.6 Å². The molecule has 0 aliphatic heterocycles. The summed E-state index contributed by atoms with van der Waals surface area (Å²) in [5.41, 5.74) is 5.86. The number of benzene rings is 2. The number of aromatic nitrogens is 1. The molecule has 134 valence electrons. The molecule has 3 aromatic rings. The molecular weight excluding hydrogens is 344 g/mol. The molecule has 0 spiro atoms. The smallest absolute Gasteiger partial charge is 0.253 e. The maximum Gasteiger partial charge on any atom is 0.253 e. The molecule has 0 bridgehead atoms. The summed E-state index contributed by atoms with van der Waals surface area (Å²) in [5, 5.41) is 3.68. The Kier molecular flexibility index (Phi) is 5.48. The lowest BCUT2D eigenvalue weighted by Crippen LogP contribution is -2.24. The fourth-order valence-electron chi connectivity index (χ4n) is 3.13. The van der Waals surface area contributed by atoms with E-state index in [4.69, 9.17) is 11.6 Å². The number of nitrogens with zero attached hydrogens (tertiary/aromatic N) is 1. The quantitative estimate of drug-likeness (QED) is 0.630. The Balaban J connectivity index is 2.20. The monoisotopic (exact) mass is 366 g/mol. The van der Waals surface area contributed by atoms with Gasteiger partial charge in [0.15, 0.2) is 0 Å². The SMILES string of the molecule is CCCNC(=O)c1cc(-c2ccc(Cl)cc2)n(-c2ccccc2C)c1C. The summed E-state index contributed by atoms with van der Waals surface area (Å²) in [6.07, 6.45) is 0.910. The molecule has 0 saturated carbocycles. The first-order valence-corrected chi connectivity index (χ1v) is 9.23. The fourth-order valence-corrected chi connectivity index (χ4v) is 3.25. The van der Waals surface area contributed by atoms with Gasteiger partial charge in [-0.1, -0.05) is 48.9 Å². The summed E-state index contributed by atoms with van der Waals surface area (Å²) in [7, 11) is 0. The predicted octanol–water partition coefficient (Wildman–Crippen LogP) is 5.55. The number of carbonyl (C=O) groups is 1. The predicted molar refractivity (Wildman–Crippen MR) is 108 cm³/mol. The van der Waals surface area contributed by atoms with Gasteiger partial charge in [0, 0.05) is 22.9 Å². The van der Waals surface area contributed by atoms with Crippen LogP contribution in [0.25, 0.3) is 16.9 Å². The maximum absolute atomic E-state index is 12.6. The summed E-state index contributed by atoms with van der Waals surface area (Å²) in [6.45, 7) is 6.79. The van der Waals surface area contributed by atoms with Crippen molar-refractivity contribution in [2.75, 3.05) is 6.54 Å². The Morgan fingerprint density at radius 2 is 1.77 bits per heavy atom. The van der Waals surface area contributed by atoms with Crippen LogP contribution >= 0.6 is 11.6 Å². The molecule has 1 N–H and O–H groups in total. The molecule has 0 saturated heterocycles. The van der Waals surface area contributed by atoms with Crippen molar-refractivity contribution in [3.05, 3.63) is 76.4 Å². The standard InChI is InChI=1S/C22H23ClN2O/c1-4-13-24-22(26)19-14-21(17-9-11-18(23)12-10-17)25(16(19)3)20-8-6-5-7-15(20)2/h5-12,14H,4,13H2,1-3H3,(H,24,26). The molecule has 0 aliphatic rings. The van der Waals surface area contributed by atoms with E-state index in [1.807, 2.05) is 56.3 Å². The van der Waals surface area contributed by atoms with Crippen molar-refractivity contribution in [1.29, 1.82) is 0 Å². The van der Waals surface area contributed by atoms with Gasteiger partial charge in [-0.3, -0.25) is 4.79 Å². The zero-order valence-corrected chi connectivity index (χ0v) is 16.1. The fraction of sp³-hybridized carbons (Fsp3) is 0.227. The van der Waals surface area contributed by atoms with Gasteiger partial charge in [-0.2, -0.15) is 0 Å². The van der Waals surface area contributed by atoms with Gasteiger partial charge in [-0.25, -0.2) is 0 Å². The number of hydrogen-bond acceptors (Lipinski definition) is 1. The number of amides is 1. The van der Waals surface area contributed by atoms with Gasteiger partial charge in [-0.05, 0) is 55.7 Å². The Morgan fingerprint density at radius 1 is 1.08 bits per heavy atom. The number of halogens is 1. The summed E-state index contributed by atoms with van der Waals surface area (Å²) >= 11 is 6.05. The van der Waals surface area contributed by atoms with Crippen LogP contribution in [0.2, 0.25) is 5.02 Å². The lowest BCUT2D eigenvalue weighted by atomic mass is 10.1. The lowest BCUT2D eigenvalue weighted by Gasteiger charge is -2.15. The molecule has 3 rings (SSSR count). The van der Waals surface area contributed by atoms with Crippen molar-refractivity contribution in [3.63, 3.8) is 0 Å². The Morgan fingerprint density at radius 3 is 2.42 bits per heavy atom. The highest BCUT2D eigenvalue weighted by molar-refractivity contribution is 6.30. The van der Waals surface area contributed by atoms with Crippen LogP contribution in [0, 0.1) is 13.8 Å². The largest absolute Gasteiger partial charge is 0.352 e. The summed E-state index contributed by atoms with van der Waals surface area (Å²) in [4.78, 5) is 12.6. The van der Waals surface area contributed by atoms with Crippen LogP contribution in [0.4, 0.5) is 0 Å². The number of hydrogen-bond donors (Lipinski definition) is 1. The number of nitrogens with one attached hydrogen (secondary N) is 1. The van der Waals surface area contributed by atoms with E-state index in [-0.39, 0.29) is 5.91 Å². The van der Waals surface area contributed by atoms with Crippen molar-refractivity contribution in [2.45, 2.75) is 27.2 Å². The first-order valence-electron chi connectivity index (χ1n) is 8.85. The second-order valence-corrected chi connectivity index (χ2v) is 6.85. The third-order valence-electron chi connectivity index (χ3n) is 4.52. The Labute approximate surface area is 159 Å². The number of carbonyl (C=O) groups excluding carboxylic acids is 1. The second kappa shape index (κ2) is 7.79. The summed E-state index contributed by atoms with van der Waals surface area (Å²) in [6, 6.07) is 17.9. The first kappa shape index (κ1) is 18.3. The molecule has 3 nitrogen and oxygen atoms in total. The van der Waals surface area contributed by atoms with E-state index >= 15 is 0 Å². The molecule has 26 heavy (non-hydrogen) atoms. The second-order valence-electron chi connectivity index (χ2n) is 6.41. The molecular formula is C22H23ClN2O. The van der Waals surface area contributed by atoms with Crippen LogP contribution in [0.3, 0.4) is 0 Å². The van der Waals surface area contributed by atoms with Crippen LogP contribution < -0.4 is 5.32 Å². The molecule has 2 aromatic carbocycles. The topological polar surface area (TPSA) is 34.0 Å². The molecule has 0 fully saturated rings. The zero-order valence-electron chi connectivity index (χ0n) is 15.3. The minimum absolute atomic E-state index is 0.0353. The van der Waals surface area contributed by atoms with Gasteiger partial charge in [0.1, 0.15) is 0 Å². The number of para-hydroxylation sites is 1. The van der Waals surface area contributed by atoms with Gasteiger partial charge in [0.25, 0.3) is 5.91 Å². The Hall–Kier alpha value is -2.52. The van der Waals surface area contributed by atoms with E-state index in [1.165, 1.54) is 0 Å². The molecule has 0 radical (unpaired) electrons. The lowest BCUT2D eigenvalue weighted by molar-refractivity contribution is 0.0953. The molecule has 1 aromatic heterocycles. The highest BCUT2D eigenvalue weighted by Crippen LogP contribution is 2.31. The molecule has 1 amide bonds. The number of aryl methyl sites for hydroxylation is 1. The third kappa shape index (κ3) is 3.54. The molecule has 4 heteroatoms. The minimum Gasteiger partial charge on any atom is -0.352 e. The minimum atomic E-state index is -0.0353. The average molecular weight is 367 g/mol. The van der Waals surface area contributed by atoms with E-state index < -0.39 is 0 Å². The van der Waals surface area contributed by atoms with E-state index in [0.717, 1.165) is 34.6 Å². The molecule has 0 unspecified atom stereocenters. The van der Waals surface area contributed by atoms with Crippen molar-refractivity contribution in [3.8, 4) is 16.9 Å². The van der Waals surface area contributed by atoms with Crippen LogP contribution in [-0.2, 0) is 0 Å². The van der Waals surface area contributed by atoms with Gasteiger partial charge < -0.3 is 9.88 Å². The highest BCUT2D eigenvalue weighted by Gasteiger charge is 2.20. The third-order valence-corrected chi connectivity index (χ3v) is 4.78. The highest BCUT2D eigenvalue weighted by atomic mass is 35.5. The summed E-state index contributed by atoms with van der Waals surface area (Å²) < 4.78 is 2.15. The maximum atomic E-state index is 12.6. The van der Waals surface area contributed by atoms with Crippen molar-refractivity contribution < 1.29 is 4.79 Å². The van der Waals surface area contributed by atoms with Crippen molar-refractivity contribution >= 4 is 17.5 Å². The van der Waals surface area contributed by atoms with Crippen molar-refractivity contribution in [2.24, 2.45) is 0 Å². The van der Waals surface area contributed by atoms with Gasteiger partial charge in [0.2, 0.25) is 0 Å². The van der Waals surface area contributed by atoms with E-state index in [9.17, 15) is 4.79 Å². The van der Waals surface area contributed by atoms with Gasteiger partial charge in [0.05, 0.1) is 11.3 Å². The molecule has 1 heterocycles. The van der Waals surface area contributed by atoms with Gasteiger partial charge >= 0.3 is 0 Å². The summed E-state index contributed by atoms with van der Waals surface area (Å²) in [5.74, 6) is -0.0353. The van der Waals surface area contributed by atoms with E-state index in [1.54, 1.807) is 0 Å². The van der Waals surface area contributed by atoms with Crippen LogP contribution in [0.5, 0.6) is 0 Å².